The number of ether oxygens (including phenoxy) is 4. The summed E-state index contributed by atoms with van der Waals surface area (Å²) in [6.07, 6.45) is 29.1. The molecule has 0 aliphatic carbocycles. The highest BCUT2D eigenvalue weighted by atomic mass is 32.5. The van der Waals surface area contributed by atoms with Crippen molar-refractivity contribution in [1.29, 1.82) is 0 Å². The van der Waals surface area contributed by atoms with E-state index < -0.39 is 6.49 Å². The Hall–Kier alpha value is -2.25. The first-order valence-corrected chi connectivity index (χ1v) is 25.0. The second-order valence-electron chi connectivity index (χ2n) is 16.8. The van der Waals surface area contributed by atoms with Crippen LogP contribution in [0.3, 0.4) is 0 Å². The number of epoxide rings is 4. The molecule has 4 fully saturated rings. The zero-order chi connectivity index (χ0) is 38.4. The van der Waals surface area contributed by atoms with Gasteiger partial charge in [-0.25, -0.2) is 0 Å². The van der Waals surface area contributed by atoms with Crippen LogP contribution in [0.2, 0.25) is 0 Å². The van der Waals surface area contributed by atoms with Gasteiger partial charge in [-0.15, -0.1) is 0 Å². The minimum absolute atomic E-state index is 0.414. The summed E-state index contributed by atoms with van der Waals surface area (Å²) in [5, 5.41) is 0.918. The quantitative estimate of drug-likeness (QED) is 0.0378. The van der Waals surface area contributed by atoms with Gasteiger partial charge in [0.1, 0.15) is 11.5 Å². The summed E-state index contributed by atoms with van der Waals surface area (Å²) in [6, 6.07) is 27.1. The molecule has 0 spiro atoms. The third-order valence-corrected chi connectivity index (χ3v) is 14.9. The largest absolute Gasteiger partial charge is 0.432 e. The van der Waals surface area contributed by atoms with Gasteiger partial charge >= 0.3 is 6.49 Å². The van der Waals surface area contributed by atoms with Gasteiger partial charge in [0.2, 0.25) is 0 Å². The molecule has 0 saturated carbocycles. The van der Waals surface area contributed by atoms with Gasteiger partial charge in [-0.05, 0) is 104 Å². The summed E-state index contributed by atoms with van der Waals surface area (Å²) in [7, 11) is 0. The van der Waals surface area contributed by atoms with Crippen molar-refractivity contribution < 1.29 is 28.0 Å². The Morgan fingerprint density at radius 1 is 0.536 bits per heavy atom. The molecule has 0 radical (unpaired) electrons. The molecule has 3 aromatic carbocycles. The lowest BCUT2D eigenvalue weighted by Crippen LogP contribution is -2.14. The predicted molar refractivity (Wildman–Crippen MR) is 231 cm³/mol. The molecule has 0 aromatic heterocycles. The molecule has 8 heteroatoms. The van der Waals surface area contributed by atoms with Gasteiger partial charge in [-0.3, -0.25) is 0 Å². The van der Waals surface area contributed by atoms with Crippen LogP contribution in [0.25, 0.3) is 0 Å². The van der Waals surface area contributed by atoms with E-state index in [1.165, 1.54) is 120 Å². The third kappa shape index (κ3) is 14.2. The van der Waals surface area contributed by atoms with Gasteiger partial charge in [-0.2, -0.15) is 0 Å². The van der Waals surface area contributed by atoms with Crippen LogP contribution in [0.1, 0.15) is 140 Å². The fraction of sp³-hybridized carbons (Fsp3) is 0.625. The first kappa shape index (κ1) is 41.9. The number of hydrogen-bond acceptors (Lipinski definition) is 7. The van der Waals surface area contributed by atoms with Crippen LogP contribution in [-0.4, -0.2) is 49.3 Å². The van der Waals surface area contributed by atoms with E-state index in [2.05, 4.69) is 43.3 Å². The molecule has 3 aromatic rings. The summed E-state index contributed by atoms with van der Waals surface area (Å²) in [5.74, 6) is 1.57. The van der Waals surface area contributed by atoms with E-state index in [0.29, 0.717) is 42.7 Å². The van der Waals surface area contributed by atoms with Gasteiger partial charge in [0.05, 0.1) is 54.6 Å². The Bertz CT molecular complexity index is 1650. The van der Waals surface area contributed by atoms with Gasteiger partial charge in [0.25, 0.3) is 0 Å². The van der Waals surface area contributed by atoms with E-state index in [-0.39, 0.29) is 0 Å². The maximum Gasteiger partial charge on any atom is 0.319 e. The zero-order valence-corrected chi connectivity index (χ0v) is 35.6. The van der Waals surface area contributed by atoms with E-state index in [0.717, 1.165) is 49.1 Å². The van der Waals surface area contributed by atoms with Crippen LogP contribution in [0, 0.1) is 0 Å². The van der Waals surface area contributed by atoms with Crippen LogP contribution in [0.5, 0.6) is 11.5 Å². The highest BCUT2D eigenvalue weighted by Gasteiger charge is 2.49. The highest BCUT2D eigenvalue weighted by Crippen LogP contribution is 2.48. The summed E-state index contributed by atoms with van der Waals surface area (Å²) >= 11 is 6.29. The normalized spacial score (nSPS) is 25.7. The maximum absolute atomic E-state index is 6.68. The second kappa shape index (κ2) is 21.7. The predicted octanol–water partition coefficient (Wildman–Crippen LogP) is 12.0. The molecule has 6 nitrogen and oxygen atoms in total. The summed E-state index contributed by atoms with van der Waals surface area (Å²) in [4.78, 5) is 0. The molecule has 4 aliphatic heterocycles. The molecule has 8 atom stereocenters. The summed E-state index contributed by atoms with van der Waals surface area (Å²) in [6.45, 7) is 0.316. The van der Waals surface area contributed by atoms with Crippen molar-refractivity contribution in [3.8, 4) is 11.5 Å². The van der Waals surface area contributed by atoms with Gasteiger partial charge in [0.15, 0.2) is 0 Å². The number of hydrogen-bond donors (Lipinski definition) is 0. The number of aryl methyl sites for hydroxylation is 2. The molecule has 56 heavy (non-hydrogen) atoms. The van der Waals surface area contributed by atoms with Crippen LogP contribution in [0.15, 0.2) is 78.9 Å². The zero-order valence-electron chi connectivity index (χ0n) is 33.9. The molecule has 0 amide bonds. The number of unbranched alkanes of at least 4 members (excludes halogenated alkanes) is 11. The first-order valence-electron chi connectivity index (χ1n) is 22.4. The molecule has 0 bridgehead atoms. The van der Waals surface area contributed by atoms with Crippen molar-refractivity contribution in [3.05, 3.63) is 90.0 Å². The topological polar surface area (TPSA) is 68.6 Å². The van der Waals surface area contributed by atoms with Gasteiger partial charge in [-0.1, -0.05) is 126 Å². The molecular formula is C48H67O6PS. The number of benzene rings is 3. The summed E-state index contributed by atoms with van der Waals surface area (Å²) < 4.78 is 36.4. The van der Waals surface area contributed by atoms with E-state index in [1.807, 2.05) is 42.5 Å². The minimum atomic E-state index is -2.88. The fourth-order valence-electron chi connectivity index (χ4n) is 8.32. The van der Waals surface area contributed by atoms with Crippen LogP contribution >= 0.6 is 6.49 Å². The lowest BCUT2D eigenvalue weighted by Gasteiger charge is -2.24. The molecule has 7 rings (SSSR count). The summed E-state index contributed by atoms with van der Waals surface area (Å²) in [5.41, 5.74) is 2.57. The molecule has 306 valence electrons. The Balaban J connectivity index is 0.788. The van der Waals surface area contributed by atoms with E-state index in [1.54, 1.807) is 0 Å². The van der Waals surface area contributed by atoms with Crippen LogP contribution in [-0.2, 0) is 43.6 Å². The fourth-order valence-corrected chi connectivity index (χ4v) is 10.8. The van der Waals surface area contributed by atoms with Gasteiger partial charge in [0, 0.05) is 12.8 Å². The lowest BCUT2D eigenvalue weighted by atomic mass is 10.0. The molecule has 0 N–H and O–H groups in total. The Kier molecular flexibility index (Phi) is 16.2. The Labute approximate surface area is 342 Å². The van der Waals surface area contributed by atoms with Crippen molar-refractivity contribution in [2.75, 3.05) is 6.61 Å². The minimum Gasteiger partial charge on any atom is -0.432 e. The average molecular weight is 803 g/mol. The maximum atomic E-state index is 6.68. The van der Waals surface area contributed by atoms with Crippen molar-refractivity contribution in [3.63, 3.8) is 0 Å². The number of rotatable bonds is 30. The third-order valence-electron chi connectivity index (χ3n) is 12.0. The monoisotopic (exact) mass is 802 g/mol. The highest BCUT2D eigenvalue weighted by molar-refractivity contribution is 8.13. The Morgan fingerprint density at radius 3 is 1.57 bits per heavy atom. The van der Waals surface area contributed by atoms with E-state index in [9.17, 15) is 0 Å². The van der Waals surface area contributed by atoms with Crippen LogP contribution in [0.4, 0.5) is 0 Å². The average Bonchev–Trinajstić information content (AvgIpc) is 4.00. The van der Waals surface area contributed by atoms with Crippen molar-refractivity contribution in [1.82, 2.24) is 0 Å². The first-order chi connectivity index (χ1) is 27.5. The molecule has 8 unspecified atom stereocenters. The van der Waals surface area contributed by atoms with Crippen LogP contribution < -0.4 is 14.4 Å². The van der Waals surface area contributed by atoms with Crippen molar-refractivity contribution >= 4 is 23.6 Å². The molecule has 4 saturated heterocycles. The van der Waals surface area contributed by atoms with E-state index >= 15 is 0 Å². The Morgan fingerprint density at radius 2 is 1.00 bits per heavy atom. The smallest absolute Gasteiger partial charge is 0.319 e. The van der Waals surface area contributed by atoms with Crippen molar-refractivity contribution in [2.45, 2.75) is 184 Å². The standard InChI is InChI=1S/C48H67O6PS/c1-2-3-4-16-29-43-44(50-43)30-17-9-5-7-12-21-37-23-19-25-39(32-37)53-55(56,42-27-14-11-15-28-42)54-40-26-20-24-38(33-40)22-13-8-6-10-18-31-45-47(51-45)35-48-46(52-48)34-41-36-49-41/h11,14-15,19-20,23-28,32-33,41,43-48H,2-10,12-13,16-18,21-22,29-31,34-36H2,1H3. The van der Waals surface area contributed by atoms with Gasteiger partial charge < -0.3 is 28.0 Å². The SMILES string of the molecule is CCCCCCC1OC1CCCCCCCc1cccc(OP(=S)(Oc2cccc(CCCCCCCC3OC3CC3OC3CC3CO3)c2)c2ccccc2)c1. The molecule has 4 heterocycles. The molecular weight excluding hydrogens is 736 g/mol. The molecule has 4 aliphatic rings. The second-order valence-corrected chi connectivity index (χ2v) is 20.2. The van der Waals surface area contributed by atoms with E-state index in [4.69, 9.17) is 39.8 Å². The van der Waals surface area contributed by atoms with Crippen molar-refractivity contribution in [2.24, 2.45) is 0 Å². The lowest BCUT2D eigenvalue weighted by molar-refractivity contribution is 0.311.